The molecular formula is C8H14N2OS. The third-order valence-corrected chi connectivity index (χ3v) is 2.57. The third kappa shape index (κ3) is 2.46. The monoisotopic (exact) mass is 186 g/mol. The van der Waals surface area contributed by atoms with Crippen molar-refractivity contribution in [1.82, 2.24) is 10.3 Å². The Balaban J connectivity index is 2.42. The summed E-state index contributed by atoms with van der Waals surface area (Å²) in [5.41, 5.74) is 1.07. The first-order valence-corrected chi connectivity index (χ1v) is 4.77. The highest BCUT2D eigenvalue weighted by molar-refractivity contribution is 7.13. The van der Waals surface area contributed by atoms with Gasteiger partial charge in [-0.1, -0.05) is 11.3 Å². The molecule has 0 fully saturated rings. The molecular weight excluding hydrogens is 172 g/mol. The molecule has 0 amide bonds. The summed E-state index contributed by atoms with van der Waals surface area (Å²) in [6.45, 7) is 5.59. The van der Waals surface area contributed by atoms with Gasteiger partial charge in [-0.05, 0) is 20.9 Å². The van der Waals surface area contributed by atoms with E-state index in [0.29, 0.717) is 6.61 Å². The second kappa shape index (κ2) is 4.42. The molecule has 0 bridgehead atoms. The van der Waals surface area contributed by atoms with Crippen LogP contribution >= 0.6 is 11.3 Å². The minimum absolute atomic E-state index is 0.683. The highest BCUT2D eigenvalue weighted by Crippen LogP contribution is 2.22. The lowest BCUT2D eigenvalue weighted by Crippen LogP contribution is -2.15. The van der Waals surface area contributed by atoms with Crippen LogP contribution < -0.4 is 10.1 Å². The molecule has 0 unspecified atom stereocenters. The van der Waals surface area contributed by atoms with Gasteiger partial charge < -0.3 is 10.1 Å². The molecule has 1 aromatic rings. The van der Waals surface area contributed by atoms with E-state index in [-0.39, 0.29) is 0 Å². The van der Waals surface area contributed by atoms with Crippen LogP contribution in [0.15, 0.2) is 0 Å². The van der Waals surface area contributed by atoms with Crippen LogP contribution in [-0.2, 0) is 0 Å². The van der Waals surface area contributed by atoms with Gasteiger partial charge in [0.25, 0.3) is 5.19 Å². The molecule has 0 saturated carbocycles. The van der Waals surface area contributed by atoms with Crippen molar-refractivity contribution in [3.63, 3.8) is 0 Å². The number of hydrogen-bond acceptors (Lipinski definition) is 4. The molecule has 1 heterocycles. The smallest absolute Gasteiger partial charge is 0.273 e. The molecule has 0 aliphatic rings. The van der Waals surface area contributed by atoms with Gasteiger partial charge in [0.05, 0.1) is 5.69 Å². The Hall–Kier alpha value is -0.610. The largest absolute Gasteiger partial charge is 0.469 e. The van der Waals surface area contributed by atoms with E-state index < -0.39 is 0 Å². The summed E-state index contributed by atoms with van der Waals surface area (Å²) in [5.74, 6) is 0. The lowest BCUT2D eigenvalue weighted by atomic mass is 10.4. The lowest BCUT2D eigenvalue weighted by Gasteiger charge is -1.99. The second-order valence-electron chi connectivity index (χ2n) is 2.57. The quantitative estimate of drug-likeness (QED) is 0.721. The minimum Gasteiger partial charge on any atom is -0.469 e. The summed E-state index contributed by atoms with van der Waals surface area (Å²) in [5, 5.41) is 3.79. The molecule has 68 valence electrons. The van der Waals surface area contributed by atoms with Crippen molar-refractivity contribution in [1.29, 1.82) is 0 Å². The molecule has 1 aromatic heterocycles. The molecule has 0 saturated heterocycles. The van der Waals surface area contributed by atoms with Crippen LogP contribution in [0.4, 0.5) is 0 Å². The lowest BCUT2D eigenvalue weighted by molar-refractivity contribution is 0.316. The van der Waals surface area contributed by atoms with Gasteiger partial charge in [-0.15, -0.1) is 0 Å². The van der Waals surface area contributed by atoms with Crippen molar-refractivity contribution in [2.24, 2.45) is 0 Å². The van der Waals surface area contributed by atoms with Gasteiger partial charge in [0.1, 0.15) is 6.61 Å². The predicted octanol–water partition coefficient (Wildman–Crippen LogP) is 1.36. The Morgan fingerprint density at radius 3 is 2.75 bits per heavy atom. The number of nitrogens with zero attached hydrogens (tertiary/aromatic N) is 1. The molecule has 0 atom stereocenters. The molecule has 4 heteroatoms. The van der Waals surface area contributed by atoms with E-state index in [2.05, 4.69) is 17.2 Å². The van der Waals surface area contributed by atoms with E-state index in [1.807, 2.05) is 14.0 Å². The van der Waals surface area contributed by atoms with Crippen molar-refractivity contribution < 1.29 is 4.74 Å². The molecule has 0 spiro atoms. The zero-order valence-corrected chi connectivity index (χ0v) is 8.49. The van der Waals surface area contributed by atoms with Gasteiger partial charge in [0.2, 0.25) is 0 Å². The number of nitrogens with one attached hydrogen (secondary N) is 1. The maximum absolute atomic E-state index is 5.39. The zero-order chi connectivity index (χ0) is 8.97. The van der Waals surface area contributed by atoms with E-state index in [9.17, 15) is 0 Å². The van der Waals surface area contributed by atoms with E-state index in [4.69, 9.17) is 4.74 Å². The number of ether oxygens (including phenoxy) is 1. The molecule has 1 rings (SSSR count). The predicted molar refractivity (Wildman–Crippen MR) is 51.0 cm³/mol. The van der Waals surface area contributed by atoms with Crippen LogP contribution in [-0.4, -0.2) is 25.2 Å². The summed E-state index contributed by atoms with van der Waals surface area (Å²) in [6, 6.07) is 0. The maximum Gasteiger partial charge on any atom is 0.273 e. The Kier molecular flexibility index (Phi) is 3.49. The van der Waals surface area contributed by atoms with E-state index in [0.717, 1.165) is 17.4 Å². The number of aromatic nitrogens is 1. The van der Waals surface area contributed by atoms with Crippen molar-refractivity contribution >= 4 is 11.3 Å². The van der Waals surface area contributed by atoms with Gasteiger partial charge in [0, 0.05) is 11.4 Å². The first-order chi connectivity index (χ1) is 5.74. The first kappa shape index (κ1) is 9.48. The van der Waals surface area contributed by atoms with E-state index >= 15 is 0 Å². The zero-order valence-electron chi connectivity index (χ0n) is 7.68. The van der Waals surface area contributed by atoms with E-state index in [1.165, 1.54) is 4.88 Å². The van der Waals surface area contributed by atoms with E-state index in [1.54, 1.807) is 11.3 Å². The van der Waals surface area contributed by atoms with Crippen LogP contribution in [0.2, 0.25) is 0 Å². The average Bonchev–Trinajstić information content (AvgIpc) is 2.32. The highest BCUT2D eigenvalue weighted by Gasteiger charge is 2.02. The summed E-state index contributed by atoms with van der Waals surface area (Å²) < 4.78 is 5.39. The Morgan fingerprint density at radius 2 is 2.25 bits per heavy atom. The summed E-state index contributed by atoms with van der Waals surface area (Å²) in [7, 11) is 1.90. The number of rotatable bonds is 4. The number of thiazole rings is 1. The third-order valence-electron chi connectivity index (χ3n) is 1.59. The fourth-order valence-corrected chi connectivity index (χ4v) is 1.53. The topological polar surface area (TPSA) is 34.1 Å². The Labute approximate surface area is 76.8 Å². The van der Waals surface area contributed by atoms with Crippen LogP contribution in [0.5, 0.6) is 5.19 Å². The molecule has 0 aliphatic heterocycles. The maximum atomic E-state index is 5.39. The summed E-state index contributed by atoms with van der Waals surface area (Å²) in [4.78, 5) is 5.48. The summed E-state index contributed by atoms with van der Waals surface area (Å²) in [6.07, 6.45) is 0. The van der Waals surface area contributed by atoms with Crippen molar-refractivity contribution in [3.05, 3.63) is 10.6 Å². The fraction of sp³-hybridized carbons (Fsp3) is 0.625. The van der Waals surface area contributed by atoms with Crippen molar-refractivity contribution in [3.8, 4) is 5.19 Å². The molecule has 0 aliphatic carbocycles. The van der Waals surface area contributed by atoms with Crippen molar-refractivity contribution in [2.45, 2.75) is 13.8 Å². The molecule has 1 N–H and O–H groups in total. The molecule has 0 radical (unpaired) electrons. The summed E-state index contributed by atoms with van der Waals surface area (Å²) >= 11 is 1.60. The van der Waals surface area contributed by atoms with Gasteiger partial charge in [-0.2, -0.15) is 0 Å². The highest BCUT2D eigenvalue weighted by atomic mass is 32.1. The van der Waals surface area contributed by atoms with Crippen LogP contribution in [0.3, 0.4) is 0 Å². The molecule has 12 heavy (non-hydrogen) atoms. The Bertz CT molecular complexity index is 228. The van der Waals surface area contributed by atoms with Crippen molar-refractivity contribution in [2.75, 3.05) is 20.2 Å². The standard InChI is InChI=1S/C8H14N2OS/c1-6-7(2)12-8(10-6)11-5-4-9-3/h9H,4-5H2,1-3H3. The average molecular weight is 186 g/mol. The second-order valence-corrected chi connectivity index (χ2v) is 3.74. The Morgan fingerprint density at radius 1 is 1.50 bits per heavy atom. The SMILES string of the molecule is CNCCOc1nc(C)c(C)s1. The van der Waals surface area contributed by atoms with Gasteiger partial charge in [-0.3, -0.25) is 0 Å². The van der Waals surface area contributed by atoms with Gasteiger partial charge >= 0.3 is 0 Å². The fourth-order valence-electron chi connectivity index (χ4n) is 0.745. The number of aryl methyl sites for hydroxylation is 2. The number of hydrogen-bond donors (Lipinski definition) is 1. The van der Waals surface area contributed by atoms with Gasteiger partial charge in [-0.25, -0.2) is 4.98 Å². The van der Waals surface area contributed by atoms with Gasteiger partial charge in [0.15, 0.2) is 0 Å². The first-order valence-electron chi connectivity index (χ1n) is 3.95. The van der Waals surface area contributed by atoms with Crippen LogP contribution in [0, 0.1) is 13.8 Å². The molecule has 3 nitrogen and oxygen atoms in total. The van der Waals surface area contributed by atoms with Crippen LogP contribution in [0.25, 0.3) is 0 Å². The normalized spacial score (nSPS) is 10.2. The van der Waals surface area contributed by atoms with Crippen LogP contribution in [0.1, 0.15) is 10.6 Å². The number of likely N-dealkylation sites (N-methyl/N-ethyl adjacent to an activating group) is 1. The molecule has 0 aromatic carbocycles. The minimum atomic E-state index is 0.683.